The number of pyridine rings is 1. The summed E-state index contributed by atoms with van der Waals surface area (Å²) < 4.78 is 62.7. The minimum atomic E-state index is -3.16. The van der Waals surface area contributed by atoms with Gasteiger partial charge in [0, 0.05) is 28.9 Å². The number of nitrogens with zero attached hydrogens (tertiary/aromatic N) is 2. The van der Waals surface area contributed by atoms with Crippen molar-refractivity contribution < 1.29 is 36.7 Å². The number of hydrogen-bond donors (Lipinski definition) is 0. The average Bonchev–Trinajstić information content (AvgIpc) is 3.61. The van der Waals surface area contributed by atoms with Gasteiger partial charge in [0.25, 0.3) is 0 Å². The highest BCUT2D eigenvalue weighted by molar-refractivity contribution is 5.91. The van der Waals surface area contributed by atoms with E-state index in [0.29, 0.717) is 17.0 Å². The zero-order valence-corrected chi connectivity index (χ0v) is 22.6. The topological polar surface area (TPSA) is 83.7 Å². The molecule has 0 atom stereocenters. The van der Waals surface area contributed by atoms with Crippen LogP contribution in [0, 0.1) is 12.7 Å². The molecular weight excluding hydrogens is 525 g/mol. The number of alkyl halides is 2. The van der Waals surface area contributed by atoms with Crippen molar-refractivity contribution in [1.29, 1.82) is 0 Å². The van der Waals surface area contributed by atoms with E-state index in [1.807, 2.05) is 24.3 Å². The number of fused-ring (bicyclic) bond motifs is 1. The van der Waals surface area contributed by atoms with E-state index in [-0.39, 0.29) is 29.0 Å². The summed E-state index contributed by atoms with van der Waals surface area (Å²) >= 11 is 0. The fourth-order valence-electron chi connectivity index (χ4n) is 4.63. The SMILES string of the molecule is Cc1c(Cc2ccc(-c3cnoc3C3CC3)cc2)c(OC(F)F)nc2c(F)ccc(OCC(=O)OC(C)(C)C)c12. The van der Waals surface area contributed by atoms with Crippen LogP contribution in [-0.4, -0.2) is 34.9 Å². The Morgan fingerprint density at radius 1 is 1.12 bits per heavy atom. The summed E-state index contributed by atoms with van der Waals surface area (Å²) in [5, 5.41) is 4.21. The first kappa shape index (κ1) is 27.5. The van der Waals surface area contributed by atoms with Crippen LogP contribution in [0.5, 0.6) is 11.6 Å². The summed E-state index contributed by atoms with van der Waals surface area (Å²) in [6.07, 6.45) is 4.03. The van der Waals surface area contributed by atoms with Crippen LogP contribution >= 0.6 is 0 Å². The Hall–Kier alpha value is -4.08. The average molecular weight is 555 g/mol. The van der Waals surface area contributed by atoms with E-state index in [9.17, 15) is 18.0 Å². The normalized spacial score (nSPS) is 13.6. The maximum Gasteiger partial charge on any atom is 0.388 e. The van der Waals surface area contributed by atoms with Crippen LogP contribution in [0.2, 0.25) is 0 Å². The van der Waals surface area contributed by atoms with Gasteiger partial charge < -0.3 is 18.7 Å². The molecule has 4 aromatic rings. The minimum absolute atomic E-state index is 0.174. The van der Waals surface area contributed by atoms with Crippen LogP contribution in [0.25, 0.3) is 22.0 Å². The zero-order chi connectivity index (χ0) is 28.6. The van der Waals surface area contributed by atoms with E-state index in [0.717, 1.165) is 41.4 Å². The van der Waals surface area contributed by atoms with Gasteiger partial charge in [0.1, 0.15) is 28.4 Å². The molecule has 2 aromatic carbocycles. The molecule has 0 N–H and O–H groups in total. The van der Waals surface area contributed by atoms with Gasteiger partial charge in [0.15, 0.2) is 6.61 Å². The van der Waals surface area contributed by atoms with Crippen LogP contribution in [0.4, 0.5) is 13.2 Å². The molecule has 0 radical (unpaired) electrons. The van der Waals surface area contributed by atoms with Gasteiger partial charge in [0.2, 0.25) is 5.88 Å². The van der Waals surface area contributed by atoms with Gasteiger partial charge in [-0.1, -0.05) is 29.4 Å². The van der Waals surface area contributed by atoms with Crippen molar-refractivity contribution in [2.45, 2.75) is 65.1 Å². The summed E-state index contributed by atoms with van der Waals surface area (Å²) in [5.41, 5.74) is 2.54. The van der Waals surface area contributed by atoms with Crippen LogP contribution in [0.3, 0.4) is 0 Å². The summed E-state index contributed by atoms with van der Waals surface area (Å²) in [7, 11) is 0. The number of aryl methyl sites for hydroxylation is 1. The third-order valence-corrected chi connectivity index (χ3v) is 6.55. The molecule has 0 saturated heterocycles. The Bertz CT molecular complexity index is 1540. The standard InChI is InChI=1S/C30H29F3N2O5/c1-16-20(13-17-5-7-18(8-6-17)21-14-34-40-27(21)19-9-10-19)28(38-29(32)33)35-26-22(31)11-12-23(25(16)26)37-15-24(36)39-30(2,3)4/h5-8,11-12,14,19,29H,9-10,13,15H2,1-4H3. The van der Waals surface area contributed by atoms with Crippen molar-refractivity contribution in [2.24, 2.45) is 0 Å². The Balaban J connectivity index is 1.49. The number of hydrogen-bond acceptors (Lipinski definition) is 7. The second-order valence-corrected chi connectivity index (χ2v) is 10.8. The largest absolute Gasteiger partial charge is 0.481 e. The molecule has 1 fully saturated rings. The molecule has 1 aliphatic carbocycles. The Labute approximate surface area is 229 Å². The molecule has 1 aliphatic rings. The van der Waals surface area contributed by atoms with Crippen molar-refractivity contribution in [1.82, 2.24) is 10.1 Å². The lowest BCUT2D eigenvalue weighted by molar-refractivity contribution is -0.157. The third-order valence-electron chi connectivity index (χ3n) is 6.55. The summed E-state index contributed by atoms with van der Waals surface area (Å²) in [5.74, 6) is -0.278. The van der Waals surface area contributed by atoms with Crippen molar-refractivity contribution in [3.63, 3.8) is 0 Å². The van der Waals surface area contributed by atoms with E-state index in [4.69, 9.17) is 18.7 Å². The van der Waals surface area contributed by atoms with Crippen LogP contribution < -0.4 is 9.47 Å². The highest BCUT2D eigenvalue weighted by Crippen LogP contribution is 2.44. The quantitative estimate of drug-likeness (QED) is 0.204. The first-order chi connectivity index (χ1) is 19.0. The van der Waals surface area contributed by atoms with Gasteiger partial charge in [-0.05, 0) is 69.4 Å². The molecule has 0 bridgehead atoms. The van der Waals surface area contributed by atoms with Crippen molar-refractivity contribution >= 4 is 16.9 Å². The minimum Gasteiger partial charge on any atom is -0.481 e. The Morgan fingerprint density at radius 2 is 1.85 bits per heavy atom. The van der Waals surface area contributed by atoms with Crippen molar-refractivity contribution in [3.8, 4) is 22.8 Å². The second kappa shape index (κ2) is 10.8. The second-order valence-electron chi connectivity index (χ2n) is 10.8. The molecule has 210 valence electrons. The number of benzene rings is 2. The van der Waals surface area contributed by atoms with Crippen molar-refractivity contribution in [2.75, 3.05) is 6.61 Å². The molecule has 2 aromatic heterocycles. The maximum absolute atomic E-state index is 14.9. The molecule has 0 aliphatic heterocycles. The first-order valence-corrected chi connectivity index (χ1v) is 12.9. The van der Waals surface area contributed by atoms with Gasteiger partial charge in [-0.15, -0.1) is 0 Å². The Kier molecular flexibility index (Phi) is 7.44. The maximum atomic E-state index is 14.9. The molecule has 40 heavy (non-hydrogen) atoms. The number of carbonyl (C=O) groups is 1. The molecule has 5 rings (SSSR count). The van der Waals surface area contributed by atoms with E-state index in [1.54, 1.807) is 33.9 Å². The zero-order valence-electron chi connectivity index (χ0n) is 22.6. The van der Waals surface area contributed by atoms with Gasteiger partial charge >= 0.3 is 12.6 Å². The van der Waals surface area contributed by atoms with Crippen molar-refractivity contribution in [3.05, 3.63) is 70.9 Å². The lowest BCUT2D eigenvalue weighted by Gasteiger charge is -2.20. The van der Waals surface area contributed by atoms with E-state index < -0.39 is 30.6 Å². The number of carbonyl (C=O) groups excluding carboxylic acids is 1. The molecule has 2 heterocycles. The smallest absolute Gasteiger partial charge is 0.388 e. The lowest BCUT2D eigenvalue weighted by atomic mass is 9.96. The summed E-state index contributed by atoms with van der Waals surface area (Å²) in [6.45, 7) is 3.27. The van der Waals surface area contributed by atoms with Gasteiger partial charge in [-0.25, -0.2) is 14.2 Å². The van der Waals surface area contributed by atoms with Crippen LogP contribution in [0.1, 0.15) is 62.0 Å². The molecule has 1 saturated carbocycles. The molecule has 0 spiro atoms. The fraction of sp³-hybridized carbons (Fsp3) is 0.367. The lowest BCUT2D eigenvalue weighted by Crippen LogP contribution is -2.27. The number of aromatic nitrogens is 2. The predicted octanol–water partition coefficient (Wildman–Crippen LogP) is 7.13. The third kappa shape index (κ3) is 6.05. The molecule has 10 heteroatoms. The number of rotatable bonds is 9. The number of halogens is 3. The highest BCUT2D eigenvalue weighted by Gasteiger charge is 2.30. The molecule has 0 amide bonds. The van der Waals surface area contributed by atoms with Crippen LogP contribution in [0.15, 0.2) is 47.1 Å². The van der Waals surface area contributed by atoms with E-state index in [2.05, 4.69) is 10.1 Å². The van der Waals surface area contributed by atoms with Gasteiger partial charge in [0.05, 0.1) is 6.20 Å². The number of ether oxygens (including phenoxy) is 3. The molecule has 7 nitrogen and oxygen atoms in total. The first-order valence-electron chi connectivity index (χ1n) is 12.9. The highest BCUT2D eigenvalue weighted by atomic mass is 19.3. The molecular formula is C30H29F3N2O5. The van der Waals surface area contributed by atoms with E-state index in [1.165, 1.54) is 6.07 Å². The molecule has 0 unspecified atom stereocenters. The summed E-state index contributed by atoms with van der Waals surface area (Å²) in [6, 6.07) is 10.1. The monoisotopic (exact) mass is 554 g/mol. The summed E-state index contributed by atoms with van der Waals surface area (Å²) in [4.78, 5) is 16.3. The number of esters is 1. The van der Waals surface area contributed by atoms with Gasteiger partial charge in [-0.3, -0.25) is 0 Å². The van der Waals surface area contributed by atoms with Gasteiger partial charge in [-0.2, -0.15) is 8.78 Å². The Morgan fingerprint density at radius 3 is 2.50 bits per heavy atom. The predicted molar refractivity (Wildman–Crippen MR) is 141 cm³/mol. The van der Waals surface area contributed by atoms with E-state index >= 15 is 0 Å². The van der Waals surface area contributed by atoms with Crippen LogP contribution in [-0.2, 0) is 16.0 Å². The fourth-order valence-corrected chi connectivity index (χ4v) is 4.63.